The van der Waals surface area contributed by atoms with Gasteiger partial charge in [-0.05, 0) is 29.8 Å². The first kappa shape index (κ1) is 13.4. The number of anilines is 2. The third-order valence-electron chi connectivity index (χ3n) is 3.53. The van der Waals surface area contributed by atoms with E-state index in [0.29, 0.717) is 29.1 Å². The fraction of sp³-hybridized carbons (Fsp3) is 0.188. The molecule has 0 radical (unpaired) electrons. The van der Waals surface area contributed by atoms with Crippen molar-refractivity contribution in [3.8, 4) is 5.75 Å². The number of carbonyl (C=O) groups excluding carboxylic acids is 1. The summed E-state index contributed by atoms with van der Waals surface area (Å²) in [6.45, 7) is 0. The number of fused-ring (bicyclic) bond motifs is 1. The predicted octanol–water partition coefficient (Wildman–Crippen LogP) is 2.37. The number of nitrogen functional groups attached to an aromatic ring is 1. The molecule has 0 aromatic heterocycles. The van der Waals surface area contributed by atoms with Crippen LogP contribution in [0.4, 0.5) is 15.8 Å². The number of nitrogens with two attached hydrogens (primary N) is 1. The average Bonchev–Trinajstić information content (AvgIpc) is 2.44. The van der Waals surface area contributed by atoms with Crippen molar-refractivity contribution >= 4 is 17.3 Å². The average molecular weight is 286 g/mol. The summed E-state index contributed by atoms with van der Waals surface area (Å²) < 4.78 is 19.0. The second kappa shape index (κ2) is 5.09. The lowest BCUT2D eigenvalue weighted by Crippen LogP contribution is -2.44. The Hall–Kier alpha value is -2.56. The van der Waals surface area contributed by atoms with Gasteiger partial charge in [0.2, 0.25) is 0 Å². The molecule has 108 valence electrons. The molecule has 4 nitrogen and oxygen atoms in total. The van der Waals surface area contributed by atoms with Crippen LogP contribution in [0.2, 0.25) is 0 Å². The van der Waals surface area contributed by atoms with Gasteiger partial charge in [0, 0.05) is 25.2 Å². The van der Waals surface area contributed by atoms with Gasteiger partial charge in [-0.15, -0.1) is 0 Å². The van der Waals surface area contributed by atoms with E-state index >= 15 is 0 Å². The van der Waals surface area contributed by atoms with Gasteiger partial charge in [0.15, 0.2) is 6.10 Å². The zero-order valence-electron chi connectivity index (χ0n) is 11.5. The van der Waals surface area contributed by atoms with Gasteiger partial charge in [0.1, 0.15) is 11.6 Å². The van der Waals surface area contributed by atoms with E-state index in [1.807, 2.05) is 0 Å². The normalized spacial score (nSPS) is 17.3. The summed E-state index contributed by atoms with van der Waals surface area (Å²) in [5.74, 6) is 0.0868. The van der Waals surface area contributed by atoms with Gasteiger partial charge in [-0.2, -0.15) is 0 Å². The first-order valence-corrected chi connectivity index (χ1v) is 6.63. The van der Waals surface area contributed by atoms with Gasteiger partial charge in [-0.25, -0.2) is 4.39 Å². The van der Waals surface area contributed by atoms with Crippen molar-refractivity contribution in [2.24, 2.45) is 0 Å². The van der Waals surface area contributed by atoms with Crippen LogP contribution < -0.4 is 15.4 Å². The zero-order valence-corrected chi connectivity index (χ0v) is 11.5. The molecule has 5 heteroatoms. The van der Waals surface area contributed by atoms with Gasteiger partial charge in [-0.1, -0.05) is 12.1 Å². The van der Waals surface area contributed by atoms with Crippen LogP contribution in [0, 0.1) is 5.82 Å². The smallest absolute Gasteiger partial charge is 0.268 e. The van der Waals surface area contributed by atoms with E-state index in [1.165, 1.54) is 12.1 Å². The van der Waals surface area contributed by atoms with E-state index in [1.54, 1.807) is 42.3 Å². The van der Waals surface area contributed by atoms with E-state index in [9.17, 15) is 9.18 Å². The number of carbonyl (C=O) groups is 1. The van der Waals surface area contributed by atoms with Crippen LogP contribution in [0.25, 0.3) is 0 Å². The maximum Gasteiger partial charge on any atom is 0.268 e. The minimum atomic E-state index is -0.675. The zero-order chi connectivity index (χ0) is 15.0. The molecule has 0 saturated carbocycles. The topological polar surface area (TPSA) is 55.6 Å². The van der Waals surface area contributed by atoms with Crippen molar-refractivity contribution < 1.29 is 13.9 Å². The van der Waals surface area contributed by atoms with Crippen molar-refractivity contribution in [2.75, 3.05) is 17.7 Å². The highest BCUT2D eigenvalue weighted by molar-refractivity contribution is 6.00. The fourth-order valence-electron chi connectivity index (χ4n) is 2.45. The van der Waals surface area contributed by atoms with E-state index in [4.69, 9.17) is 10.5 Å². The van der Waals surface area contributed by atoms with Gasteiger partial charge in [0.05, 0.1) is 5.69 Å². The molecule has 0 saturated heterocycles. The van der Waals surface area contributed by atoms with Gasteiger partial charge < -0.3 is 15.4 Å². The van der Waals surface area contributed by atoms with E-state index in [0.717, 1.165) is 0 Å². The highest BCUT2D eigenvalue weighted by atomic mass is 19.1. The van der Waals surface area contributed by atoms with E-state index < -0.39 is 6.10 Å². The lowest BCUT2D eigenvalue weighted by molar-refractivity contribution is -0.125. The number of nitrogens with zero attached hydrogens (tertiary/aromatic N) is 1. The molecule has 0 aliphatic carbocycles. The lowest BCUT2D eigenvalue weighted by Gasteiger charge is -2.32. The second-order valence-corrected chi connectivity index (χ2v) is 5.06. The predicted molar refractivity (Wildman–Crippen MR) is 78.8 cm³/mol. The molecule has 0 fully saturated rings. The summed E-state index contributed by atoms with van der Waals surface area (Å²) in [5.41, 5.74) is 7.72. The Morgan fingerprint density at radius 3 is 2.86 bits per heavy atom. The number of amides is 1. The summed E-state index contributed by atoms with van der Waals surface area (Å²) in [5, 5.41) is 0. The molecule has 1 amide bonds. The molecule has 2 N–H and O–H groups in total. The summed E-state index contributed by atoms with van der Waals surface area (Å²) in [7, 11) is 1.69. The van der Waals surface area contributed by atoms with Crippen LogP contribution in [0.15, 0.2) is 42.5 Å². The van der Waals surface area contributed by atoms with Crippen molar-refractivity contribution in [3.63, 3.8) is 0 Å². The lowest BCUT2D eigenvalue weighted by atomic mass is 10.0. The molecular formula is C16H15FN2O2. The Bertz CT molecular complexity index is 702. The number of halogens is 1. The van der Waals surface area contributed by atoms with Crippen molar-refractivity contribution in [2.45, 2.75) is 12.5 Å². The van der Waals surface area contributed by atoms with Crippen LogP contribution in [0.1, 0.15) is 5.56 Å². The second-order valence-electron chi connectivity index (χ2n) is 5.06. The number of hydrogen-bond acceptors (Lipinski definition) is 3. The van der Waals surface area contributed by atoms with Gasteiger partial charge >= 0.3 is 0 Å². The third-order valence-corrected chi connectivity index (χ3v) is 3.53. The Balaban J connectivity index is 1.89. The molecule has 0 bridgehead atoms. The minimum absolute atomic E-state index is 0.156. The van der Waals surface area contributed by atoms with Crippen molar-refractivity contribution in [3.05, 3.63) is 53.8 Å². The number of benzene rings is 2. The Morgan fingerprint density at radius 2 is 2.10 bits per heavy atom. The molecule has 2 aromatic carbocycles. The van der Waals surface area contributed by atoms with Crippen LogP contribution in [0.3, 0.4) is 0 Å². The summed E-state index contributed by atoms with van der Waals surface area (Å²) >= 11 is 0. The molecule has 1 aliphatic heterocycles. The number of ether oxygens (including phenoxy) is 1. The van der Waals surface area contributed by atoms with Crippen LogP contribution >= 0.6 is 0 Å². The molecule has 3 rings (SSSR count). The monoisotopic (exact) mass is 286 g/mol. The molecular weight excluding hydrogens is 271 g/mol. The maximum atomic E-state index is 13.2. The minimum Gasteiger partial charge on any atom is -0.478 e. The Labute approximate surface area is 121 Å². The number of likely N-dealkylation sites (N-methyl/N-ethyl adjacent to an activating group) is 1. The van der Waals surface area contributed by atoms with Crippen LogP contribution in [-0.2, 0) is 11.2 Å². The standard InChI is InChI=1S/C16H15FN2O2/c1-19-13-6-5-12(18)9-14(13)21-15(16(19)20)8-10-3-2-4-11(17)7-10/h2-7,9,15H,8,18H2,1H3. The maximum absolute atomic E-state index is 13.2. The molecule has 0 spiro atoms. The Morgan fingerprint density at radius 1 is 1.29 bits per heavy atom. The van der Waals surface area contributed by atoms with Crippen LogP contribution in [0.5, 0.6) is 5.75 Å². The first-order valence-electron chi connectivity index (χ1n) is 6.63. The highest BCUT2D eigenvalue weighted by Crippen LogP contribution is 2.35. The molecule has 21 heavy (non-hydrogen) atoms. The summed E-state index contributed by atoms with van der Waals surface area (Å²) in [4.78, 5) is 13.9. The number of hydrogen-bond donors (Lipinski definition) is 1. The quantitative estimate of drug-likeness (QED) is 0.862. The SMILES string of the molecule is CN1C(=O)C(Cc2cccc(F)c2)Oc2cc(N)ccc21. The molecule has 2 aromatic rings. The molecule has 1 unspecified atom stereocenters. The summed E-state index contributed by atoms with van der Waals surface area (Å²) in [6, 6.07) is 11.3. The van der Waals surface area contributed by atoms with Gasteiger partial charge in [-0.3, -0.25) is 4.79 Å². The summed E-state index contributed by atoms with van der Waals surface area (Å²) in [6.07, 6.45) is -0.360. The molecule has 1 atom stereocenters. The van der Waals surface area contributed by atoms with Gasteiger partial charge in [0.25, 0.3) is 5.91 Å². The fourth-order valence-corrected chi connectivity index (χ4v) is 2.45. The third kappa shape index (κ3) is 2.54. The largest absolute Gasteiger partial charge is 0.478 e. The first-order chi connectivity index (χ1) is 10.0. The molecule has 1 heterocycles. The highest BCUT2D eigenvalue weighted by Gasteiger charge is 2.32. The van der Waals surface area contributed by atoms with Crippen LogP contribution in [-0.4, -0.2) is 19.1 Å². The van der Waals surface area contributed by atoms with Crippen molar-refractivity contribution in [1.82, 2.24) is 0 Å². The molecule has 1 aliphatic rings. The number of rotatable bonds is 2. The Kier molecular flexibility index (Phi) is 3.25. The van der Waals surface area contributed by atoms with E-state index in [2.05, 4.69) is 0 Å². The van der Waals surface area contributed by atoms with Crippen molar-refractivity contribution in [1.29, 1.82) is 0 Å². The van der Waals surface area contributed by atoms with E-state index in [-0.39, 0.29) is 11.7 Å².